The summed E-state index contributed by atoms with van der Waals surface area (Å²) < 4.78 is 0. The Morgan fingerprint density at radius 3 is 3.18 bits per heavy atom. The van der Waals surface area contributed by atoms with Crippen molar-refractivity contribution < 1.29 is 0 Å². The van der Waals surface area contributed by atoms with Gasteiger partial charge >= 0.3 is 0 Å². The molecule has 0 saturated heterocycles. The largest absolute Gasteiger partial charge is 0.349 e. The molecule has 2 rings (SSSR count). The van der Waals surface area contributed by atoms with E-state index in [0.717, 1.165) is 5.15 Å². The lowest BCUT2D eigenvalue weighted by molar-refractivity contribution is 0.586. The van der Waals surface area contributed by atoms with Crippen LogP contribution in [0.5, 0.6) is 0 Å². The maximum absolute atomic E-state index is 5.86. The first-order chi connectivity index (χ1) is 5.27. The summed E-state index contributed by atoms with van der Waals surface area (Å²) in [5.74, 6) is 0.697. The standard InChI is InChI=1S/C9H12ClN/c1-6-3-2-4-8-7(6)5-9(10)11-8/h5-6,11H,2-4H2,1H3. The Morgan fingerprint density at radius 2 is 2.45 bits per heavy atom. The molecule has 1 aliphatic rings. The molecule has 1 aliphatic carbocycles. The Morgan fingerprint density at radius 1 is 1.64 bits per heavy atom. The molecule has 1 aromatic heterocycles. The molecule has 0 radical (unpaired) electrons. The minimum Gasteiger partial charge on any atom is -0.349 e. The van der Waals surface area contributed by atoms with E-state index in [9.17, 15) is 0 Å². The van der Waals surface area contributed by atoms with Crippen LogP contribution in [-0.2, 0) is 6.42 Å². The Hall–Kier alpha value is -0.430. The van der Waals surface area contributed by atoms with Crippen molar-refractivity contribution in [1.29, 1.82) is 0 Å². The summed E-state index contributed by atoms with van der Waals surface area (Å²) in [6.45, 7) is 2.27. The molecule has 1 aromatic rings. The van der Waals surface area contributed by atoms with Crippen molar-refractivity contribution in [3.8, 4) is 0 Å². The number of hydrogen-bond acceptors (Lipinski definition) is 0. The number of halogens is 1. The maximum atomic E-state index is 5.86. The predicted octanol–water partition coefficient (Wildman–Crippen LogP) is 3.11. The van der Waals surface area contributed by atoms with Crippen molar-refractivity contribution in [3.05, 3.63) is 22.5 Å². The Balaban J connectivity index is 2.43. The fraction of sp³-hybridized carbons (Fsp3) is 0.556. The normalized spacial score (nSPS) is 23.3. The molecule has 0 aliphatic heterocycles. The third-order valence-electron chi connectivity index (χ3n) is 2.50. The second kappa shape index (κ2) is 2.56. The molecular formula is C9H12ClN. The highest BCUT2D eigenvalue weighted by Crippen LogP contribution is 2.32. The van der Waals surface area contributed by atoms with Crippen LogP contribution in [0, 0.1) is 0 Å². The zero-order valence-electron chi connectivity index (χ0n) is 6.65. The van der Waals surface area contributed by atoms with E-state index in [-0.39, 0.29) is 0 Å². The van der Waals surface area contributed by atoms with Crippen LogP contribution in [0.15, 0.2) is 6.07 Å². The minimum atomic E-state index is 0.697. The zero-order valence-corrected chi connectivity index (χ0v) is 7.41. The summed E-state index contributed by atoms with van der Waals surface area (Å²) in [4.78, 5) is 3.19. The van der Waals surface area contributed by atoms with Gasteiger partial charge in [-0.25, -0.2) is 0 Å². The van der Waals surface area contributed by atoms with Gasteiger partial charge in [0.2, 0.25) is 0 Å². The quantitative estimate of drug-likeness (QED) is 0.615. The predicted molar refractivity (Wildman–Crippen MR) is 47.2 cm³/mol. The van der Waals surface area contributed by atoms with E-state index in [2.05, 4.69) is 18.0 Å². The summed E-state index contributed by atoms with van der Waals surface area (Å²) >= 11 is 5.86. The SMILES string of the molecule is CC1CCCc2[nH]c(Cl)cc21. The Kier molecular flexibility index (Phi) is 1.68. The number of aryl methyl sites for hydroxylation is 1. The molecule has 1 heterocycles. The smallest absolute Gasteiger partial charge is 0.106 e. The second-order valence-electron chi connectivity index (χ2n) is 3.34. The van der Waals surface area contributed by atoms with Gasteiger partial charge in [0, 0.05) is 5.69 Å². The van der Waals surface area contributed by atoms with Gasteiger partial charge in [-0.3, -0.25) is 0 Å². The van der Waals surface area contributed by atoms with E-state index >= 15 is 0 Å². The van der Waals surface area contributed by atoms with Gasteiger partial charge in [0.25, 0.3) is 0 Å². The average molecular weight is 170 g/mol. The number of fused-ring (bicyclic) bond motifs is 1. The van der Waals surface area contributed by atoms with Crippen LogP contribution in [0.25, 0.3) is 0 Å². The van der Waals surface area contributed by atoms with E-state index in [0.29, 0.717) is 5.92 Å². The number of H-pyrrole nitrogens is 1. The first kappa shape index (κ1) is 7.23. The minimum absolute atomic E-state index is 0.697. The lowest BCUT2D eigenvalue weighted by Gasteiger charge is -2.17. The number of aromatic nitrogens is 1. The third kappa shape index (κ3) is 1.18. The van der Waals surface area contributed by atoms with E-state index in [4.69, 9.17) is 11.6 Å². The molecule has 1 N–H and O–H groups in total. The molecule has 0 fully saturated rings. The molecule has 0 amide bonds. The van der Waals surface area contributed by atoms with Gasteiger partial charge in [0.15, 0.2) is 0 Å². The molecule has 0 aromatic carbocycles. The van der Waals surface area contributed by atoms with Gasteiger partial charge in [-0.15, -0.1) is 0 Å². The lowest BCUT2D eigenvalue weighted by atomic mass is 9.89. The van der Waals surface area contributed by atoms with Gasteiger partial charge in [0.05, 0.1) is 0 Å². The zero-order chi connectivity index (χ0) is 7.84. The van der Waals surface area contributed by atoms with Crippen molar-refractivity contribution in [3.63, 3.8) is 0 Å². The van der Waals surface area contributed by atoms with Gasteiger partial charge in [-0.1, -0.05) is 18.5 Å². The van der Waals surface area contributed by atoms with E-state index < -0.39 is 0 Å². The summed E-state index contributed by atoms with van der Waals surface area (Å²) in [5.41, 5.74) is 2.79. The maximum Gasteiger partial charge on any atom is 0.106 e. The van der Waals surface area contributed by atoms with Gasteiger partial charge < -0.3 is 4.98 Å². The third-order valence-corrected chi connectivity index (χ3v) is 2.70. The Labute approximate surface area is 71.8 Å². The van der Waals surface area contributed by atoms with Gasteiger partial charge in [-0.2, -0.15) is 0 Å². The van der Waals surface area contributed by atoms with Crippen LogP contribution in [0.3, 0.4) is 0 Å². The van der Waals surface area contributed by atoms with Crippen LogP contribution in [0.1, 0.15) is 36.9 Å². The van der Waals surface area contributed by atoms with Crippen LogP contribution in [-0.4, -0.2) is 4.98 Å². The van der Waals surface area contributed by atoms with Crippen LogP contribution >= 0.6 is 11.6 Å². The molecular weight excluding hydrogens is 158 g/mol. The topological polar surface area (TPSA) is 15.8 Å². The van der Waals surface area contributed by atoms with Gasteiger partial charge in [0.1, 0.15) is 5.15 Å². The first-order valence-electron chi connectivity index (χ1n) is 4.14. The Bertz CT molecular complexity index is 265. The van der Waals surface area contributed by atoms with Crippen molar-refractivity contribution in [2.75, 3.05) is 0 Å². The fourth-order valence-electron chi connectivity index (χ4n) is 1.86. The molecule has 1 unspecified atom stereocenters. The molecule has 1 atom stereocenters. The van der Waals surface area contributed by atoms with E-state index in [1.54, 1.807) is 0 Å². The van der Waals surface area contributed by atoms with Crippen LogP contribution < -0.4 is 0 Å². The highest BCUT2D eigenvalue weighted by molar-refractivity contribution is 6.29. The van der Waals surface area contributed by atoms with E-state index in [1.807, 2.05) is 0 Å². The van der Waals surface area contributed by atoms with Crippen LogP contribution in [0.2, 0.25) is 5.15 Å². The van der Waals surface area contributed by atoms with Crippen molar-refractivity contribution >= 4 is 11.6 Å². The second-order valence-corrected chi connectivity index (χ2v) is 3.75. The fourth-order valence-corrected chi connectivity index (χ4v) is 2.09. The molecule has 60 valence electrons. The first-order valence-corrected chi connectivity index (χ1v) is 4.52. The number of rotatable bonds is 0. The summed E-state index contributed by atoms with van der Waals surface area (Å²) in [5, 5.41) is 0.795. The van der Waals surface area contributed by atoms with E-state index in [1.165, 1.54) is 30.5 Å². The molecule has 0 saturated carbocycles. The van der Waals surface area contributed by atoms with Crippen molar-refractivity contribution in [2.45, 2.75) is 32.1 Å². The number of hydrogen-bond donors (Lipinski definition) is 1. The summed E-state index contributed by atoms with van der Waals surface area (Å²) in [6.07, 6.45) is 3.78. The monoisotopic (exact) mass is 169 g/mol. The molecule has 1 nitrogen and oxygen atoms in total. The van der Waals surface area contributed by atoms with Crippen molar-refractivity contribution in [2.24, 2.45) is 0 Å². The average Bonchev–Trinajstić information content (AvgIpc) is 2.31. The number of nitrogens with one attached hydrogen (secondary N) is 1. The molecule has 0 spiro atoms. The highest BCUT2D eigenvalue weighted by atomic mass is 35.5. The molecule has 11 heavy (non-hydrogen) atoms. The lowest BCUT2D eigenvalue weighted by Crippen LogP contribution is -2.04. The van der Waals surface area contributed by atoms with Crippen LogP contribution in [0.4, 0.5) is 0 Å². The summed E-state index contributed by atoms with van der Waals surface area (Å²) in [6, 6.07) is 2.07. The molecule has 0 bridgehead atoms. The summed E-state index contributed by atoms with van der Waals surface area (Å²) in [7, 11) is 0. The van der Waals surface area contributed by atoms with Gasteiger partial charge in [-0.05, 0) is 36.8 Å². The number of aromatic amines is 1. The van der Waals surface area contributed by atoms with Crippen molar-refractivity contribution in [1.82, 2.24) is 4.98 Å². The molecule has 2 heteroatoms. The highest BCUT2D eigenvalue weighted by Gasteiger charge is 2.17.